The van der Waals surface area contributed by atoms with E-state index >= 15 is 0 Å². The maximum Gasteiger partial charge on any atom is 0.472 e. The third-order valence-corrected chi connectivity index (χ3v) is 11.4. The van der Waals surface area contributed by atoms with E-state index in [0.717, 1.165) is 44.9 Å². The monoisotopic (exact) mass is 833 g/mol. The zero-order valence-electron chi connectivity index (χ0n) is 36.8. The van der Waals surface area contributed by atoms with E-state index in [9.17, 15) is 24.2 Å². The SMILES string of the molecule is CCCCCCCCCC/C=C\CCCCCCCCCC(=O)OC[C@H](COP(=O)(O)OC[C@@H](O)CO)OC(=O)CCCCCCCCCCCCCCCCC. The van der Waals surface area contributed by atoms with E-state index in [4.69, 9.17) is 23.6 Å². The number of carbonyl (C=O) groups excluding carboxylic acids is 2. The Morgan fingerprint density at radius 2 is 0.860 bits per heavy atom. The molecule has 3 atom stereocenters. The van der Waals surface area contributed by atoms with Crippen LogP contribution in [-0.4, -0.2) is 65.7 Å². The number of phosphoric ester groups is 1. The zero-order valence-corrected chi connectivity index (χ0v) is 37.7. The molecule has 0 aliphatic heterocycles. The molecule has 338 valence electrons. The first kappa shape index (κ1) is 55.7. The summed E-state index contributed by atoms with van der Waals surface area (Å²) < 4.78 is 32.8. The Morgan fingerprint density at radius 3 is 1.26 bits per heavy atom. The molecule has 0 radical (unpaired) electrons. The fraction of sp³-hybridized carbons (Fsp3) is 0.913. The molecular formula is C46H89O10P. The van der Waals surface area contributed by atoms with Crippen LogP contribution in [0.25, 0.3) is 0 Å². The second kappa shape index (κ2) is 42.8. The summed E-state index contributed by atoms with van der Waals surface area (Å²) in [6, 6.07) is 0. The molecule has 0 aliphatic rings. The van der Waals surface area contributed by atoms with E-state index < -0.39 is 51.8 Å². The summed E-state index contributed by atoms with van der Waals surface area (Å²) in [6.07, 6.45) is 41.7. The minimum Gasteiger partial charge on any atom is -0.462 e. The van der Waals surface area contributed by atoms with Crippen molar-refractivity contribution in [3.05, 3.63) is 12.2 Å². The quantitative estimate of drug-likeness (QED) is 0.0234. The first-order chi connectivity index (χ1) is 27.7. The molecule has 0 bridgehead atoms. The van der Waals surface area contributed by atoms with Crippen LogP contribution in [0, 0.1) is 0 Å². The van der Waals surface area contributed by atoms with E-state index in [1.165, 1.54) is 148 Å². The lowest BCUT2D eigenvalue weighted by molar-refractivity contribution is -0.161. The lowest BCUT2D eigenvalue weighted by Crippen LogP contribution is -2.29. The molecule has 0 saturated heterocycles. The molecule has 1 unspecified atom stereocenters. The van der Waals surface area contributed by atoms with E-state index in [1.807, 2.05) is 0 Å². The predicted molar refractivity (Wildman–Crippen MR) is 233 cm³/mol. The summed E-state index contributed by atoms with van der Waals surface area (Å²) in [5.74, 6) is -0.916. The number of rotatable bonds is 45. The molecule has 11 heteroatoms. The van der Waals surface area contributed by atoms with Crippen molar-refractivity contribution in [3.63, 3.8) is 0 Å². The van der Waals surface area contributed by atoms with Gasteiger partial charge in [0.05, 0.1) is 19.8 Å². The number of allylic oxidation sites excluding steroid dienone is 2. The molecule has 0 aromatic heterocycles. The molecule has 0 rings (SSSR count). The highest BCUT2D eigenvalue weighted by Gasteiger charge is 2.27. The summed E-state index contributed by atoms with van der Waals surface area (Å²) in [4.78, 5) is 35.1. The Labute approximate surface area is 349 Å². The first-order valence-corrected chi connectivity index (χ1v) is 25.1. The summed E-state index contributed by atoms with van der Waals surface area (Å²) in [5, 5.41) is 18.4. The Kier molecular flexibility index (Phi) is 41.9. The maximum absolute atomic E-state index is 12.6. The van der Waals surface area contributed by atoms with E-state index in [-0.39, 0.29) is 19.4 Å². The van der Waals surface area contributed by atoms with Gasteiger partial charge in [0.15, 0.2) is 6.10 Å². The minimum atomic E-state index is -4.61. The summed E-state index contributed by atoms with van der Waals surface area (Å²) in [6.45, 7) is 2.42. The Hall–Kier alpha value is -1.29. The van der Waals surface area contributed by atoms with Gasteiger partial charge in [0.2, 0.25) is 0 Å². The van der Waals surface area contributed by atoms with Gasteiger partial charge in [0.1, 0.15) is 12.7 Å². The number of ether oxygens (including phenoxy) is 2. The normalized spacial score (nSPS) is 13.8. The lowest BCUT2D eigenvalue weighted by atomic mass is 10.0. The van der Waals surface area contributed by atoms with Crippen molar-refractivity contribution in [3.8, 4) is 0 Å². The number of aliphatic hydroxyl groups is 2. The van der Waals surface area contributed by atoms with Crippen LogP contribution in [-0.2, 0) is 32.7 Å². The van der Waals surface area contributed by atoms with Crippen LogP contribution >= 0.6 is 7.82 Å². The highest BCUT2D eigenvalue weighted by atomic mass is 31.2. The fourth-order valence-electron chi connectivity index (χ4n) is 6.75. The zero-order chi connectivity index (χ0) is 41.9. The maximum atomic E-state index is 12.6. The van der Waals surface area contributed by atoms with Gasteiger partial charge < -0.3 is 24.6 Å². The van der Waals surface area contributed by atoms with Gasteiger partial charge in [-0.2, -0.15) is 0 Å². The Balaban J connectivity index is 4.20. The van der Waals surface area contributed by atoms with Gasteiger partial charge in [0.25, 0.3) is 0 Å². The van der Waals surface area contributed by atoms with Gasteiger partial charge in [-0.15, -0.1) is 0 Å². The largest absolute Gasteiger partial charge is 0.472 e. The third kappa shape index (κ3) is 42.6. The molecule has 0 aliphatic carbocycles. The van der Waals surface area contributed by atoms with Crippen LogP contribution in [0.2, 0.25) is 0 Å². The average molecular weight is 833 g/mol. The van der Waals surface area contributed by atoms with Crippen LogP contribution < -0.4 is 0 Å². The minimum absolute atomic E-state index is 0.189. The number of carbonyl (C=O) groups is 2. The molecular weight excluding hydrogens is 743 g/mol. The van der Waals surface area contributed by atoms with Crippen molar-refractivity contribution >= 4 is 19.8 Å². The van der Waals surface area contributed by atoms with Gasteiger partial charge >= 0.3 is 19.8 Å². The molecule has 10 nitrogen and oxygen atoms in total. The number of hydrogen-bond donors (Lipinski definition) is 3. The van der Waals surface area contributed by atoms with Gasteiger partial charge in [-0.1, -0.05) is 193 Å². The van der Waals surface area contributed by atoms with Crippen molar-refractivity contribution in [1.82, 2.24) is 0 Å². The van der Waals surface area contributed by atoms with Crippen molar-refractivity contribution in [1.29, 1.82) is 0 Å². The van der Waals surface area contributed by atoms with Crippen molar-refractivity contribution in [2.75, 3.05) is 26.4 Å². The van der Waals surface area contributed by atoms with Crippen LogP contribution in [0.15, 0.2) is 12.2 Å². The number of hydrogen-bond acceptors (Lipinski definition) is 9. The first-order valence-electron chi connectivity index (χ1n) is 23.6. The van der Waals surface area contributed by atoms with Gasteiger partial charge in [-0.05, 0) is 38.5 Å². The van der Waals surface area contributed by atoms with E-state index in [0.29, 0.717) is 12.8 Å². The highest BCUT2D eigenvalue weighted by molar-refractivity contribution is 7.47. The smallest absolute Gasteiger partial charge is 0.462 e. The standard InChI is InChI=1S/C46H89O10P/c1-3-5-7-9-11-13-15-17-19-20-21-22-24-25-27-29-31-33-35-37-45(49)53-41-44(42-55-57(51,52)54-40-43(48)39-47)56-46(50)38-36-34-32-30-28-26-23-18-16-14-12-10-8-6-4-2/h20-21,43-44,47-48H,3-19,22-42H2,1-2H3,(H,51,52)/b21-20-/t43-,44+/m0/s1. The second-order valence-corrected chi connectivity index (χ2v) is 17.6. The van der Waals surface area contributed by atoms with Crippen molar-refractivity contribution < 1.29 is 47.8 Å². The number of esters is 2. The topological polar surface area (TPSA) is 149 Å². The molecule has 0 aromatic carbocycles. The van der Waals surface area contributed by atoms with E-state index in [2.05, 4.69) is 26.0 Å². The van der Waals surface area contributed by atoms with Crippen molar-refractivity contribution in [2.24, 2.45) is 0 Å². The lowest BCUT2D eigenvalue weighted by Gasteiger charge is -2.20. The van der Waals surface area contributed by atoms with Crippen LogP contribution in [0.3, 0.4) is 0 Å². The second-order valence-electron chi connectivity index (χ2n) is 16.1. The van der Waals surface area contributed by atoms with Crippen molar-refractivity contribution in [2.45, 2.75) is 244 Å². The molecule has 0 amide bonds. The summed E-state index contributed by atoms with van der Waals surface area (Å²) in [5.41, 5.74) is 0. The third-order valence-electron chi connectivity index (χ3n) is 10.4. The van der Waals surface area contributed by atoms with Gasteiger partial charge in [0, 0.05) is 12.8 Å². The molecule has 0 fully saturated rings. The average Bonchev–Trinajstić information content (AvgIpc) is 3.20. The van der Waals surface area contributed by atoms with Crippen LogP contribution in [0.1, 0.15) is 232 Å². The molecule has 57 heavy (non-hydrogen) atoms. The highest BCUT2D eigenvalue weighted by Crippen LogP contribution is 2.43. The molecule has 0 saturated carbocycles. The van der Waals surface area contributed by atoms with Gasteiger partial charge in [-0.25, -0.2) is 4.57 Å². The molecule has 3 N–H and O–H groups in total. The molecule has 0 spiro atoms. The fourth-order valence-corrected chi connectivity index (χ4v) is 7.54. The summed E-state index contributed by atoms with van der Waals surface area (Å²) in [7, 11) is -4.61. The molecule has 0 heterocycles. The van der Waals surface area contributed by atoms with E-state index in [1.54, 1.807) is 0 Å². The number of aliphatic hydroxyl groups excluding tert-OH is 2. The predicted octanol–water partition coefficient (Wildman–Crippen LogP) is 12.8. The van der Waals surface area contributed by atoms with Crippen LogP contribution in [0.4, 0.5) is 0 Å². The van der Waals surface area contributed by atoms with Gasteiger partial charge in [-0.3, -0.25) is 18.6 Å². The molecule has 0 aromatic rings. The summed E-state index contributed by atoms with van der Waals surface area (Å²) >= 11 is 0. The Morgan fingerprint density at radius 1 is 0.509 bits per heavy atom. The van der Waals surface area contributed by atoms with Crippen LogP contribution in [0.5, 0.6) is 0 Å². The Bertz CT molecular complexity index is 961. The number of unbranched alkanes of at least 4 members (excludes halogenated alkanes) is 29. The number of phosphoric acid groups is 1.